The smallest absolute Gasteiger partial charge is 0.0541 e. The van der Waals surface area contributed by atoms with E-state index in [1.54, 1.807) is 0 Å². The Morgan fingerprint density at radius 1 is 1.40 bits per heavy atom. The predicted octanol–water partition coefficient (Wildman–Crippen LogP) is 2.53. The average Bonchev–Trinajstić information content (AvgIpc) is 2.32. The van der Waals surface area contributed by atoms with Crippen molar-refractivity contribution in [1.82, 2.24) is 10.3 Å². The van der Waals surface area contributed by atoms with Crippen LogP contribution in [0.5, 0.6) is 0 Å². The van der Waals surface area contributed by atoms with E-state index in [2.05, 4.69) is 28.5 Å². The molecule has 1 atom stereocenters. The van der Waals surface area contributed by atoms with E-state index in [9.17, 15) is 0 Å². The standard InChI is InChI=1S/C13H18N2/c1-2-6-12(7-3-1)10-14-11-13-8-4-5-9-15-13/h2,4-6,8-9,12,14H,1,3,7,10-11H2. The van der Waals surface area contributed by atoms with Gasteiger partial charge in [0.2, 0.25) is 0 Å². The van der Waals surface area contributed by atoms with Crippen molar-refractivity contribution in [2.75, 3.05) is 6.54 Å². The fourth-order valence-electron chi connectivity index (χ4n) is 1.94. The normalized spacial score (nSPS) is 20.4. The first-order chi connectivity index (χ1) is 7.45. The molecule has 0 saturated carbocycles. The van der Waals surface area contributed by atoms with Crippen molar-refractivity contribution >= 4 is 0 Å². The molecule has 0 bridgehead atoms. The van der Waals surface area contributed by atoms with Gasteiger partial charge in [-0.2, -0.15) is 0 Å². The first kappa shape index (κ1) is 10.4. The summed E-state index contributed by atoms with van der Waals surface area (Å²) < 4.78 is 0. The Bertz CT molecular complexity index is 306. The molecule has 0 aliphatic heterocycles. The van der Waals surface area contributed by atoms with Crippen molar-refractivity contribution in [2.45, 2.75) is 25.8 Å². The van der Waals surface area contributed by atoms with Crippen LogP contribution >= 0.6 is 0 Å². The number of pyridine rings is 1. The maximum atomic E-state index is 4.28. The maximum Gasteiger partial charge on any atom is 0.0541 e. The quantitative estimate of drug-likeness (QED) is 0.759. The third-order valence-electron chi connectivity index (χ3n) is 2.79. The minimum atomic E-state index is 0.725. The first-order valence-corrected chi connectivity index (χ1v) is 5.72. The summed E-state index contributed by atoms with van der Waals surface area (Å²) in [6, 6.07) is 6.04. The van der Waals surface area contributed by atoms with E-state index in [1.165, 1.54) is 19.3 Å². The number of nitrogens with zero attached hydrogens (tertiary/aromatic N) is 1. The summed E-state index contributed by atoms with van der Waals surface area (Å²) in [5.41, 5.74) is 1.12. The molecule has 1 aromatic rings. The molecule has 2 nitrogen and oxygen atoms in total. The molecule has 1 N–H and O–H groups in total. The lowest BCUT2D eigenvalue weighted by atomic mass is 9.96. The molecular formula is C13H18N2. The Balaban J connectivity index is 1.70. The summed E-state index contributed by atoms with van der Waals surface area (Å²) in [7, 11) is 0. The second kappa shape index (κ2) is 5.66. The van der Waals surface area contributed by atoms with Crippen LogP contribution < -0.4 is 5.32 Å². The minimum absolute atomic E-state index is 0.725. The van der Waals surface area contributed by atoms with Crippen LogP contribution in [0, 0.1) is 5.92 Å². The van der Waals surface area contributed by atoms with Crippen LogP contribution in [0.3, 0.4) is 0 Å². The van der Waals surface area contributed by atoms with Gasteiger partial charge in [-0.1, -0.05) is 18.2 Å². The van der Waals surface area contributed by atoms with Crippen molar-refractivity contribution in [3.8, 4) is 0 Å². The van der Waals surface area contributed by atoms with Crippen molar-refractivity contribution in [3.05, 3.63) is 42.2 Å². The van der Waals surface area contributed by atoms with Gasteiger partial charge in [0.1, 0.15) is 0 Å². The summed E-state index contributed by atoms with van der Waals surface area (Å²) in [6.45, 7) is 1.96. The number of rotatable bonds is 4. The zero-order valence-electron chi connectivity index (χ0n) is 9.02. The van der Waals surface area contributed by atoms with E-state index < -0.39 is 0 Å². The molecule has 15 heavy (non-hydrogen) atoms. The maximum absolute atomic E-state index is 4.28. The zero-order valence-corrected chi connectivity index (χ0v) is 9.02. The van der Waals surface area contributed by atoms with E-state index in [4.69, 9.17) is 0 Å². The topological polar surface area (TPSA) is 24.9 Å². The van der Waals surface area contributed by atoms with Crippen LogP contribution in [0.1, 0.15) is 25.0 Å². The number of nitrogens with one attached hydrogen (secondary N) is 1. The molecule has 80 valence electrons. The van der Waals surface area contributed by atoms with E-state index in [1.807, 2.05) is 18.3 Å². The van der Waals surface area contributed by atoms with E-state index in [0.717, 1.165) is 24.7 Å². The molecule has 0 fully saturated rings. The van der Waals surface area contributed by atoms with Gasteiger partial charge in [-0.3, -0.25) is 4.98 Å². The molecule has 2 rings (SSSR count). The SMILES string of the molecule is C1=CC(CNCc2ccccn2)CCC1. The zero-order chi connectivity index (χ0) is 10.3. The van der Waals surface area contributed by atoms with Crippen LogP contribution in [-0.2, 0) is 6.54 Å². The molecule has 0 spiro atoms. The van der Waals surface area contributed by atoms with E-state index >= 15 is 0 Å². The van der Waals surface area contributed by atoms with Crippen LogP contribution in [-0.4, -0.2) is 11.5 Å². The van der Waals surface area contributed by atoms with Gasteiger partial charge in [0.15, 0.2) is 0 Å². The summed E-state index contributed by atoms with van der Waals surface area (Å²) in [5.74, 6) is 0.725. The molecular weight excluding hydrogens is 184 g/mol. The van der Waals surface area contributed by atoms with Gasteiger partial charge >= 0.3 is 0 Å². The van der Waals surface area contributed by atoms with Gasteiger partial charge in [-0.25, -0.2) is 0 Å². The Hall–Kier alpha value is -1.15. The largest absolute Gasteiger partial charge is 0.311 e. The summed E-state index contributed by atoms with van der Waals surface area (Å²) >= 11 is 0. The number of hydrogen-bond donors (Lipinski definition) is 1. The molecule has 1 heterocycles. The molecule has 0 radical (unpaired) electrons. The van der Waals surface area contributed by atoms with Gasteiger partial charge in [0.05, 0.1) is 5.69 Å². The first-order valence-electron chi connectivity index (χ1n) is 5.72. The van der Waals surface area contributed by atoms with Gasteiger partial charge < -0.3 is 5.32 Å². The lowest BCUT2D eigenvalue weighted by Gasteiger charge is -2.16. The second-order valence-electron chi connectivity index (χ2n) is 4.07. The van der Waals surface area contributed by atoms with Crippen LogP contribution in [0.4, 0.5) is 0 Å². The third kappa shape index (κ3) is 3.48. The van der Waals surface area contributed by atoms with Gasteiger partial charge in [0.25, 0.3) is 0 Å². The third-order valence-corrected chi connectivity index (χ3v) is 2.79. The molecule has 1 aromatic heterocycles. The van der Waals surface area contributed by atoms with Crippen molar-refractivity contribution in [2.24, 2.45) is 5.92 Å². The summed E-state index contributed by atoms with van der Waals surface area (Å²) in [5, 5.41) is 3.46. The van der Waals surface area contributed by atoms with E-state index in [0.29, 0.717) is 0 Å². The Morgan fingerprint density at radius 3 is 3.13 bits per heavy atom. The van der Waals surface area contributed by atoms with Crippen molar-refractivity contribution in [1.29, 1.82) is 0 Å². The summed E-state index contributed by atoms with van der Waals surface area (Å²) in [6.07, 6.45) is 10.4. The van der Waals surface area contributed by atoms with Crippen LogP contribution in [0.25, 0.3) is 0 Å². The minimum Gasteiger partial charge on any atom is -0.311 e. The lowest BCUT2D eigenvalue weighted by Crippen LogP contribution is -2.22. The Morgan fingerprint density at radius 2 is 2.40 bits per heavy atom. The van der Waals surface area contributed by atoms with Gasteiger partial charge in [-0.05, 0) is 37.3 Å². The molecule has 2 heteroatoms. The molecule has 1 aliphatic rings. The highest BCUT2D eigenvalue weighted by atomic mass is 14.9. The highest BCUT2D eigenvalue weighted by Gasteiger charge is 2.07. The monoisotopic (exact) mass is 202 g/mol. The fraction of sp³-hybridized carbons (Fsp3) is 0.462. The second-order valence-corrected chi connectivity index (χ2v) is 4.07. The molecule has 1 unspecified atom stereocenters. The van der Waals surface area contributed by atoms with E-state index in [-0.39, 0.29) is 0 Å². The predicted molar refractivity (Wildman–Crippen MR) is 62.4 cm³/mol. The van der Waals surface area contributed by atoms with Crippen LogP contribution in [0.2, 0.25) is 0 Å². The molecule has 0 amide bonds. The van der Waals surface area contributed by atoms with Crippen molar-refractivity contribution < 1.29 is 0 Å². The Labute approximate surface area is 91.4 Å². The highest BCUT2D eigenvalue weighted by molar-refractivity contribution is 5.03. The number of aromatic nitrogens is 1. The molecule has 0 aromatic carbocycles. The summed E-state index contributed by atoms with van der Waals surface area (Å²) in [4.78, 5) is 4.28. The molecule has 1 aliphatic carbocycles. The van der Waals surface area contributed by atoms with Crippen molar-refractivity contribution in [3.63, 3.8) is 0 Å². The van der Waals surface area contributed by atoms with Gasteiger partial charge in [0, 0.05) is 19.3 Å². The van der Waals surface area contributed by atoms with Crippen LogP contribution in [0.15, 0.2) is 36.5 Å². The molecule has 0 saturated heterocycles. The number of allylic oxidation sites excluding steroid dienone is 1. The number of hydrogen-bond acceptors (Lipinski definition) is 2. The fourth-order valence-corrected chi connectivity index (χ4v) is 1.94. The Kier molecular flexibility index (Phi) is 3.92. The highest BCUT2D eigenvalue weighted by Crippen LogP contribution is 2.15. The average molecular weight is 202 g/mol. The van der Waals surface area contributed by atoms with Gasteiger partial charge in [-0.15, -0.1) is 0 Å². The lowest BCUT2D eigenvalue weighted by molar-refractivity contribution is 0.491.